The normalized spacial score (nSPS) is 22.4. The minimum absolute atomic E-state index is 0.0224. The van der Waals surface area contributed by atoms with Crippen LogP contribution in [0.4, 0.5) is 4.79 Å². The molecule has 2 amide bonds. The van der Waals surface area contributed by atoms with Crippen LogP contribution in [-0.4, -0.2) is 53.6 Å². The van der Waals surface area contributed by atoms with Gasteiger partial charge in [-0.05, 0) is 82.7 Å². The number of ether oxygens (including phenoxy) is 2. The third-order valence-corrected chi connectivity index (χ3v) is 7.60. The van der Waals surface area contributed by atoms with Crippen molar-refractivity contribution in [3.8, 4) is 5.75 Å². The molecule has 1 aliphatic carbocycles. The van der Waals surface area contributed by atoms with Gasteiger partial charge in [0.25, 0.3) is 5.91 Å². The first-order valence-electron chi connectivity index (χ1n) is 12.9. The van der Waals surface area contributed by atoms with Gasteiger partial charge in [-0.25, -0.2) is 4.79 Å². The molecule has 35 heavy (non-hydrogen) atoms. The molecule has 6 nitrogen and oxygen atoms in total. The zero-order valence-electron chi connectivity index (χ0n) is 20.9. The van der Waals surface area contributed by atoms with Crippen molar-refractivity contribution in [3.63, 3.8) is 0 Å². The summed E-state index contributed by atoms with van der Waals surface area (Å²) in [5.41, 5.74) is 5.49. The average molecular weight is 475 g/mol. The lowest BCUT2D eigenvalue weighted by atomic mass is 9.82. The maximum absolute atomic E-state index is 13.0. The van der Waals surface area contributed by atoms with E-state index in [1.807, 2.05) is 54.9 Å². The number of amides is 2. The van der Waals surface area contributed by atoms with E-state index in [9.17, 15) is 9.59 Å². The van der Waals surface area contributed by atoms with E-state index in [0.717, 1.165) is 49.2 Å². The van der Waals surface area contributed by atoms with E-state index in [2.05, 4.69) is 18.2 Å². The third-order valence-electron chi connectivity index (χ3n) is 7.60. The van der Waals surface area contributed by atoms with Crippen LogP contribution in [0.2, 0.25) is 0 Å². The number of carbonyl (C=O) groups excluding carboxylic acids is 2. The lowest BCUT2D eigenvalue weighted by Crippen LogP contribution is -2.45. The first-order valence-corrected chi connectivity index (χ1v) is 12.9. The van der Waals surface area contributed by atoms with E-state index >= 15 is 0 Å². The van der Waals surface area contributed by atoms with Crippen LogP contribution in [-0.2, 0) is 4.74 Å². The predicted octanol–water partition coefficient (Wildman–Crippen LogP) is 5.87. The van der Waals surface area contributed by atoms with Crippen LogP contribution in [0, 0.1) is 0 Å². The Labute approximate surface area is 207 Å². The summed E-state index contributed by atoms with van der Waals surface area (Å²) in [5.74, 6) is 1.60. The van der Waals surface area contributed by atoms with Gasteiger partial charge in [0.2, 0.25) is 0 Å². The number of hydrogen-bond donors (Lipinski definition) is 0. The van der Waals surface area contributed by atoms with Crippen molar-refractivity contribution in [3.05, 3.63) is 70.5 Å². The lowest BCUT2D eigenvalue weighted by molar-refractivity contribution is 0.0771. The molecule has 2 saturated heterocycles. The van der Waals surface area contributed by atoms with Crippen molar-refractivity contribution in [1.82, 2.24) is 9.80 Å². The highest BCUT2D eigenvalue weighted by atomic mass is 16.6. The molecule has 2 atom stereocenters. The number of allylic oxidation sites excluding steroid dienone is 6. The number of benzene rings is 1. The van der Waals surface area contributed by atoms with Crippen molar-refractivity contribution in [1.29, 1.82) is 0 Å². The summed E-state index contributed by atoms with van der Waals surface area (Å²) in [7, 11) is 0. The van der Waals surface area contributed by atoms with Gasteiger partial charge in [0.1, 0.15) is 11.5 Å². The Bertz CT molecular complexity index is 1140. The summed E-state index contributed by atoms with van der Waals surface area (Å²) in [6, 6.07) is 6.22. The summed E-state index contributed by atoms with van der Waals surface area (Å²) >= 11 is 0. The van der Waals surface area contributed by atoms with Gasteiger partial charge in [-0.15, -0.1) is 0 Å². The number of rotatable bonds is 4. The monoisotopic (exact) mass is 474 g/mol. The molecule has 2 unspecified atom stereocenters. The van der Waals surface area contributed by atoms with Crippen LogP contribution in [0.15, 0.2) is 59.4 Å². The van der Waals surface area contributed by atoms with Crippen molar-refractivity contribution in [2.45, 2.75) is 65.0 Å². The maximum Gasteiger partial charge on any atom is 0.410 e. The zero-order chi connectivity index (χ0) is 24.5. The Kier molecular flexibility index (Phi) is 6.54. The first-order chi connectivity index (χ1) is 17.0. The molecular formula is C29H34N2O4. The fraction of sp³-hybridized carbons (Fsp3) is 0.448. The topological polar surface area (TPSA) is 59.1 Å². The zero-order valence-corrected chi connectivity index (χ0v) is 20.9. The number of piperidine rings is 1. The Morgan fingerprint density at radius 2 is 1.83 bits per heavy atom. The summed E-state index contributed by atoms with van der Waals surface area (Å²) in [6.07, 6.45) is 12.5. The molecule has 184 valence electrons. The van der Waals surface area contributed by atoms with Gasteiger partial charge >= 0.3 is 6.09 Å². The van der Waals surface area contributed by atoms with E-state index in [4.69, 9.17) is 9.47 Å². The molecule has 0 N–H and O–H groups in total. The summed E-state index contributed by atoms with van der Waals surface area (Å²) in [4.78, 5) is 29.5. The Morgan fingerprint density at radius 3 is 2.51 bits per heavy atom. The van der Waals surface area contributed by atoms with Crippen molar-refractivity contribution >= 4 is 17.6 Å². The molecule has 0 saturated carbocycles. The van der Waals surface area contributed by atoms with Gasteiger partial charge in [0, 0.05) is 41.9 Å². The fourth-order valence-electron chi connectivity index (χ4n) is 5.97. The minimum Gasteiger partial charge on any atom is -0.456 e. The molecule has 0 radical (unpaired) electrons. The Morgan fingerprint density at radius 1 is 1.09 bits per heavy atom. The molecule has 2 bridgehead atoms. The molecule has 0 aromatic heterocycles. The van der Waals surface area contributed by atoms with Crippen LogP contribution in [0.5, 0.6) is 5.75 Å². The first kappa shape index (κ1) is 23.5. The molecule has 6 heteroatoms. The fourth-order valence-corrected chi connectivity index (χ4v) is 5.97. The summed E-state index contributed by atoms with van der Waals surface area (Å²) in [5, 5.41) is 0. The molecule has 2 fully saturated rings. The smallest absolute Gasteiger partial charge is 0.410 e. The molecular weight excluding hydrogens is 440 g/mol. The van der Waals surface area contributed by atoms with Gasteiger partial charge in [0.05, 0.1) is 6.61 Å². The van der Waals surface area contributed by atoms with Gasteiger partial charge in [-0.2, -0.15) is 0 Å². The third kappa shape index (κ3) is 4.19. The Hall–Kier alpha value is -3.28. The SMILES string of the molecule is CCOC(=O)N1C2CCC1CC(=C1C3=C(C=CC=CC3)Oc3cc(C(=O)N(CC)CC)ccc31)C2. The second-order valence-electron chi connectivity index (χ2n) is 9.50. The maximum atomic E-state index is 13.0. The predicted molar refractivity (Wildman–Crippen MR) is 136 cm³/mol. The molecule has 4 aliphatic rings. The number of carbonyl (C=O) groups is 2. The molecule has 1 aromatic carbocycles. The largest absolute Gasteiger partial charge is 0.456 e. The number of hydrogen-bond acceptors (Lipinski definition) is 4. The second-order valence-corrected chi connectivity index (χ2v) is 9.50. The van der Waals surface area contributed by atoms with Crippen molar-refractivity contribution in [2.24, 2.45) is 0 Å². The van der Waals surface area contributed by atoms with Crippen molar-refractivity contribution in [2.75, 3.05) is 19.7 Å². The van der Waals surface area contributed by atoms with Crippen LogP contribution >= 0.6 is 0 Å². The molecule has 1 aromatic rings. The second kappa shape index (κ2) is 9.76. The Balaban J connectivity index is 1.57. The van der Waals surface area contributed by atoms with Crippen molar-refractivity contribution < 1.29 is 19.1 Å². The molecule has 0 spiro atoms. The van der Waals surface area contributed by atoms with Gasteiger partial charge in [0.15, 0.2) is 0 Å². The van der Waals surface area contributed by atoms with Gasteiger partial charge in [-0.3, -0.25) is 4.79 Å². The highest BCUT2D eigenvalue weighted by Crippen LogP contribution is 2.48. The highest BCUT2D eigenvalue weighted by Gasteiger charge is 2.43. The van der Waals surface area contributed by atoms with Gasteiger partial charge < -0.3 is 19.3 Å². The summed E-state index contributed by atoms with van der Waals surface area (Å²) < 4.78 is 11.8. The molecule has 3 heterocycles. The van der Waals surface area contributed by atoms with Gasteiger partial charge in [-0.1, -0.05) is 23.8 Å². The van der Waals surface area contributed by atoms with E-state index < -0.39 is 0 Å². The lowest BCUT2D eigenvalue weighted by Gasteiger charge is -2.37. The van der Waals surface area contributed by atoms with Crippen LogP contribution < -0.4 is 4.74 Å². The standard InChI is InChI=1S/C29H34N2O4/c1-4-30(5-2)28(32)19-12-15-24-26(18-19)35-25-11-9-7-8-10-23(25)27(24)20-16-21-13-14-22(17-20)31(21)29(33)34-6-3/h7-9,11-12,15,18,21-22H,4-6,10,13-14,16-17H2,1-3H3. The average Bonchev–Trinajstić information content (AvgIpc) is 3.01. The van der Waals surface area contributed by atoms with Crippen LogP contribution in [0.3, 0.4) is 0 Å². The quantitative estimate of drug-likeness (QED) is 0.548. The van der Waals surface area contributed by atoms with Crippen LogP contribution in [0.1, 0.15) is 68.8 Å². The highest BCUT2D eigenvalue weighted by molar-refractivity contribution is 5.96. The molecule has 3 aliphatic heterocycles. The van der Waals surface area contributed by atoms with E-state index in [0.29, 0.717) is 25.3 Å². The minimum atomic E-state index is -0.184. The number of nitrogens with zero attached hydrogens (tertiary/aromatic N) is 2. The van der Waals surface area contributed by atoms with E-state index in [1.165, 1.54) is 16.7 Å². The number of fused-ring (bicyclic) bond motifs is 3. The summed E-state index contributed by atoms with van der Waals surface area (Å²) in [6.45, 7) is 7.60. The van der Waals surface area contributed by atoms with E-state index in [1.54, 1.807) is 0 Å². The molecule has 5 rings (SSSR count). The van der Waals surface area contributed by atoms with E-state index in [-0.39, 0.29) is 24.1 Å². The van der Waals surface area contributed by atoms with Crippen LogP contribution in [0.25, 0.3) is 5.57 Å².